The maximum Gasteiger partial charge on any atom is 0.329 e. The zero-order valence-corrected chi connectivity index (χ0v) is 10.4. The van der Waals surface area contributed by atoms with Crippen LogP contribution >= 0.6 is 0 Å². The first-order chi connectivity index (χ1) is 7.89. The predicted octanol–water partition coefficient (Wildman–Crippen LogP) is 3.19. The molecule has 17 heavy (non-hydrogen) atoms. The Labute approximate surface area is 101 Å². The Balaban J connectivity index is 2.94. The molecule has 0 aliphatic heterocycles. The van der Waals surface area contributed by atoms with Gasteiger partial charge in [-0.25, -0.2) is 9.18 Å². The van der Waals surface area contributed by atoms with Crippen molar-refractivity contribution in [3.63, 3.8) is 0 Å². The summed E-state index contributed by atoms with van der Waals surface area (Å²) in [6.07, 6.45) is 1.27. The van der Waals surface area contributed by atoms with Crippen molar-refractivity contribution in [1.29, 1.82) is 0 Å². The molecule has 94 valence electrons. The number of aryl methyl sites for hydroxylation is 1. The molecular weight excluding hydrogens is 221 g/mol. The van der Waals surface area contributed by atoms with E-state index in [1.165, 1.54) is 6.07 Å². The van der Waals surface area contributed by atoms with Crippen LogP contribution in [0.3, 0.4) is 0 Å². The van der Waals surface area contributed by atoms with E-state index < -0.39 is 11.5 Å². The first-order valence-electron chi connectivity index (χ1n) is 5.67. The fourth-order valence-electron chi connectivity index (χ4n) is 1.76. The van der Waals surface area contributed by atoms with E-state index in [0.717, 1.165) is 6.42 Å². The second-order valence-corrected chi connectivity index (χ2v) is 4.48. The molecule has 0 spiro atoms. The topological polar surface area (TPSA) is 49.3 Å². The van der Waals surface area contributed by atoms with E-state index in [1.54, 1.807) is 26.0 Å². The molecule has 0 saturated heterocycles. The Morgan fingerprint density at radius 1 is 1.53 bits per heavy atom. The van der Waals surface area contributed by atoms with Gasteiger partial charge in [0, 0.05) is 5.69 Å². The number of hydrogen-bond acceptors (Lipinski definition) is 2. The lowest BCUT2D eigenvalue weighted by atomic mass is 9.95. The second-order valence-electron chi connectivity index (χ2n) is 4.48. The van der Waals surface area contributed by atoms with Crippen molar-refractivity contribution in [3.8, 4) is 0 Å². The number of halogens is 1. The smallest absolute Gasteiger partial charge is 0.329 e. The number of aliphatic carboxylic acids is 1. The molecule has 0 aromatic heterocycles. The molecule has 0 bridgehead atoms. The summed E-state index contributed by atoms with van der Waals surface area (Å²) in [5.41, 5.74) is 0.112. The van der Waals surface area contributed by atoms with Gasteiger partial charge in [0.15, 0.2) is 0 Å². The molecule has 1 atom stereocenters. The van der Waals surface area contributed by atoms with Gasteiger partial charge in [0.05, 0.1) is 0 Å². The maximum absolute atomic E-state index is 13.1. The SMILES string of the molecule is CCCC(C)(Nc1ccc(F)c(C)c1)C(=O)O. The highest BCUT2D eigenvalue weighted by Gasteiger charge is 2.31. The molecule has 1 aromatic rings. The summed E-state index contributed by atoms with van der Waals surface area (Å²) in [5.74, 6) is -1.19. The van der Waals surface area contributed by atoms with Crippen LogP contribution in [0.4, 0.5) is 10.1 Å². The van der Waals surface area contributed by atoms with Crippen LogP contribution in [0, 0.1) is 12.7 Å². The molecule has 0 fully saturated rings. The highest BCUT2D eigenvalue weighted by Crippen LogP contribution is 2.22. The molecular formula is C13H18FNO2. The quantitative estimate of drug-likeness (QED) is 0.829. The average Bonchev–Trinajstić information content (AvgIpc) is 2.23. The number of nitrogens with one attached hydrogen (secondary N) is 1. The van der Waals surface area contributed by atoms with Crippen LogP contribution in [0.5, 0.6) is 0 Å². The highest BCUT2D eigenvalue weighted by atomic mass is 19.1. The monoisotopic (exact) mass is 239 g/mol. The van der Waals surface area contributed by atoms with Gasteiger partial charge in [-0.05, 0) is 44.0 Å². The summed E-state index contributed by atoms with van der Waals surface area (Å²) in [5, 5.41) is 12.2. The van der Waals surface area contributed by atoms with Gasteiger partial charge in [0.25, 0.3) is 0 Å². The largest absolute Gasteiger partial charge is 0.480 e. The van der Waals surface area contributed by atoms with E-state index in [-0.39, 0.29) is 5.82 Å². The van der Waals surface area contributed by atoms with Crippen molar-refractivity contribution in [2.75, 3.05) is 5.32 Å². The third-order valence-corrected chi connectivity index (χ3v) is 2.80. The third-order valence-electron chi connectivity index (χ3n) is 2.80. The van der Waals surface area contributed by atoms with Gasteiger partial charge in [-0.2, -0.15) is 0 Å². The Morgan fingerprint density at radius 3 is 2.65 bits per heavy atom. The van der Waals surface area contributed by atoms with E-state index in [0.29, 0.717) is 17.7 Å². The number of carboxylic acids is 1. The molecule has 4 heteroatoms. The zero-order chi connectivity index (χ0) is 13.1. The number of carbonyl (C=O) groups is 1. The van der Waals surface area contributed by atoms with Crippen LogP contribution in [-0.4, -0.2) is 16.6 Å². The minimum atomic E-state index is -1.01. The van der Waals surface area contributed by atoms with Crippen molar-refractivity contribution in [2.24, 2.45) is 0 Å². The van der Waals surface area contributed by atoms with E-state index in [2.05, 4.69) is 5.32 Å². The standard InChI is InChI=1S/C13H18FNO2/c1-4-7-13(3,12(16)17)15-10-5-6-11(14)9(2)8-10/h5-6,8,15H,4,7H2,1-3H3,(H,16,17). The van der Waals surface area contributed by atoms with Crippen LogP contribution in [0.25, 0.3) is 0 Å². The molecule has 1 aromatic carbocycles. The molecule has 0 aliphatic rings. The molecule has 0 radical (unpaired) electrons. The van der Waals surface area contributed by atoms with Gasteiger partial charge in [0.2, 0.25) is 0 Å². The van der Waals surface area contributed by atoms with Gasteiger partial charge < -0.3 is 10.4 Å². The van der Waals surface area contributed by atoms with Gasteiger partial charge in [0.1, 0.15) is 11.4 Å². The summed E-state index contributed by atoms with van der Waals surface area (Å²) in [6.45, 7) is 5.22. The van der Waals surface area contributed by atoms with Gasteiger partial charge >= 0.3 is 5.97 Å². The summed E-state index contributed by atoms with van der Waals surface area (Å²) in [6, 6.07) is 4.51. The van der Waals surface area contributed by atoms with E-state index >= 15 is 0 Å². The minimum Gasteiger partial charge on any atom is -0.480 e. The second kappa shape index (κ2) is 5.17. The van der Waals surface area contributed by atoms with Crippen molar-refractivity contribution < 1.29 is 14.3 Å². The van der Waals surface area contributed by atoms with E-state index in [4.69, 9.17) is 0 Å². The molecule has 0 amide bonds. The van der Waals surface area contributed by atoms with Crippen molar-refractivity contribution >= 4 is 11.7 Å². The summed E-state index contributed by atoms with van der Waals surface area (Å²) >= 11 is 0. The molecule has 1 rings (SSSR count). The van der Waals surface area contributed by atoms with E-state index in [1.807, 2.05) is 6.92 Å². The average molecular weight is 239 g/mol. The van der Waals surface area contributed by atoms with E-state index in [9.17, 15) is 14.3 Å². The number of anilines is 1. The normalized spacial score (nSPS) is 14.1. The van der Waals surface area contributed by atoms with Crippen LogP contribution in [0.2, 0.25) is 0 Å². The van der Waals surface area contributed by atoms with Crippen molar-refractivity contribution in [2.45, 2.75) is 39.2 Å². The van der Waals surface area contributed by atoms with Gasteiger partial charge in [-0.3, -0.25) is 0 Å². The first-order valence-corrected chi connectivity index (χ1v) is 5.67. The summed E-state index contributed by atoms with van der Waals surface area (Å²) in [4.78, 5) is 11.2. The lowest BCUT2D eigenvalue weighted by molar-refractivity contribution is -0.141. The number of rotatable bonds is 5. The minimum absolute atomic E-state index is 0.289. The fraction of sp³-hybridized carbons (Fsp3) is 0.462. The Bertz CT molecular complexity index is 420. The number of carboxylic acid groups (broad SMARTS) is 1. The van der Waals surface area contributed by atoms with Crippen LogP contribution in [-0.2, 0) is 4.79 Å². The molecule has 3 nitrogen and oxygen atoms in total. The zero-order valence-electron chi connectivity index (χ0n) is 10.4. The van der Waals surface area contributed by atoms with Gasteiger partial charge in [-0.15, -0.1) is 0 Å². The molecule has 0 aliphatic carbocycles. The number of hydrogen-bond donors (Lipinski definition) is 2. The molecule has 2 N–H and O–H groups in total. The maximum atomic E-state index is 13.1. The molecule has 1 unspecified atom stereocenters. The van der Waals surface area contributed by atoms with Crippen LogP contribution in [0.15, 0.2) is 18.2 Å². The van der Waals surface area contributed by atoms with Crippen molar-refractivity contribution in [3.05, 3.63) is 29.6 Å². The fourth-order valence-corrected chi connectivity index (χ4v) is 1.76. The van der Waals surface area contributed by atoms with Crippen LogP contribution < -0.4 is 5.32 Å². The summed E-state index contributed by atoms with van der Waals surface area (Å²) in [7, 11) is 0. The van der Waals surface area contributed by atoms with Crippen molar-refractivity contribution in [1.82, 2.24) is 0 Å². The summed E-state index contributed by atoms with van der Waals surface area (Å²) < 4.78 is 13.1. The lowest BCUT2D eigenvalue weighted by Gasteiger charge is -2.27. The number of benzene rings is 1. The Morgan fingerprint density at radius 2 is 2.18 bits per heavy atom. The Kier molecular flexibility index (Phi) is 4.10. The molecule has 0 saturated carbocycles. The first kappa shape index (κ1) is 13.5. The highest BCUT2D eigenvalue weighted by molar-refractivity contribution is 5.82. The van der Waals surface area contributed by atoms with Gasteiger partial charge in [-0.1, -0.05) is 13.3 Å². The lowest BCUT2D eigenvalue weighted by Crippen LogP contribution is -2.43. The predicted molar refractivity (Wildman–Crippen MR) is 65.7 cm³/mol. The third kappa shape index (κ3) is 3.19. The van der Waals surface area contributed by atoms with Crippen LogP contribution in [0.1, 0.15) is 32.3 Å². The Hall–Kier alpha value is -1.58. The molecule has 0 heterocycles.